The van der Waals surface area contributed by atoms with Crippen molar-refractivity contribution in [3.63, 3.8) is 0 Å². The second-order valence-electron chi connectivity index (χ2n) is 11.0. The number of anilines is 3. The molecule has 216 valence electrons. The van der Waals surface area contributed by atoms with Crippen LogP contribution in [0.2, 0.25) is 0 Å². The van der Waals surface area contributed by atoms with E-state index >= 15 is 0 Å². The molecule has 1 unspecified atom stereocenters. The van der Waals surface area contributed by atoms with Crippen molar-refractivity contribution < 1.29 is 4.79 Å². The van der Waals surface area contributed by atoms with E-state index in [4.69, 9.17) is 15.0 Å². The first-order valence-electron chi connectivity index (χ1n) is 14.9. The van der Waals surface area contributed by atoms with E-state index in [9.17, 15) is 4.79 Å². The average Bonchev–Trinajstić information content (AvgIpc) is 3.41. The summed E-state index contributed by atoms with van der Waals surface area (Å²) in [7, 11) is 0. The minimum atomic E-state index is -0.0779. The van der Waals surface area contributed by atoms with Crippen molar-refractivity contribution in [3.05, 3.63) is 72.1 Å². The Kier molecular flexibility index (Phi) is 9.33. The molecule has 2 amide bonds. The lowest BCUT2D eigenvalue weighted by Gasteiger charge is -2.34. The van der Waals surface area contributed by atoms with Crippen LogP contribution < -0.4 is 15.5 Å². The quantitative estimate of drug-likeness (QED) is 0.231. The molecule has 1 aliphatic heterocycles. The van der Waals surface area contributed by atoms with Crippen LogP contribution in [0.15, 0.2) is 60.9 Å². The molecule has 0 saturated carbocycles. The molecule has 41 heavy (non-hydrogen) atoms. The molecule has 2 aromatic carbocycles. The van der Waals surface area contributed by atoms with E-state index in [1.54, 1.807) is 0 Å². The largest absolute Gasteiger partial charge is 0.368 e. The van der Waals surface area contributed by atoms with Gasteiger partial charge in [0.15, 0.2) is 17.0 Å². The minimum absolute atomic E-state index is 0.0779. The van der Waals surface area contributed by atoms with Gasteiger partial charge in [-0.3, -0.25) is 0 Å². The lowest BCUT2D eigenvalue weighted by molar-refractivity contribution is 0.208. The summed E-state index contributed by atoms with van der Waals surface area (Å²) in [5.41, 5.74) is 4.79. The SMILES string of the molecule is CCCCC(CC)CNc1nc(N2CCN(C(=O)Nc3ccc(C)cc3)CC2)nc2c1ncn2Cc1ccccc1. The lowest BCUT2D eigenvalue weighted by Crippen LogP contribution is -2.50. The van der Waals surface area contributed by atoms with E-state index < -0.39 is 0 Å². The van der Waals surface area contributed by atoms with Crippen LogP contribution in [-0.2, 0) is 6.54 Å². The summed E-state index contributed by atoms with van der Waals surface area (Å²) < 4.78 is 2.10. The molecule has 2 N–H and O–H groups in total. The number of hydrogen-bond donors (Lipinski definition) is 2. The molecule has 1 aliphatic rings. The minimum Gasteiger partial charge on any atom is -0.368 e. The van der Waals surface area contributed by atoms with Crippen molar-refractivity contribution in [2.24, 2.45) is 5.92 Å². The third kappa shape index (κ3) is 7.14. The zero-order valence-electron chi connectivity index (χ0n) is 24.5. The van der Waals surface area contributed by atoms with Gasteiger partial charge < -0.3 is 25.0 Å². The molecular formula is C32H42N8O. The van der Waals surface area contributed by atoms with Gasteiger partial charge in [-0.1, -0.05) is 81.1 Å². The number of unbranched alkanes of at least 4 members (excludes halogenated alkanes) is 1. The summed E-state index contributed by atoms with van der Waals surface area (Å²) in [5.74, 6) is 2.05. The van der Waals surface area contributed by atoms with Crippen molar-refractivity contribution in [3.8, 4) is 0 Å². The molecular weight excluding hydrogens is 512 g/mol. The van der Waals surface area contributed by atoms with Crippen molar-refractivity contribution in [2.45, 2.75) is 53.0 Å². The maximum atomic E-state index is 12.9. The fourth-order valence-corrected chi connectivity index (χ4v) is 5.23. The topological polar surface area (TPSA) is 91.2 Å². The number of nitrogens with zero attached hydrogens (tertiary/aromatic N) is 6. The number of carbonyl (C=O) groups excluding carboxylic acids is 1. The predicted octanol–water partition coefficient (Wildman–Crippen LogP) is 6.17. The molecule has 2 aromatic heterocycles. The molecule has 5 rings (SSSR count). The Bertz CT molecular complexity index is 1410. The first-order chi connectivity index (χ1) is 20.0. The summed E-state index contributed by atoms with van der Waals surface area (Å²) in [6, 6.07) is 18.2. The number of amides is 2. The predicted molar refractivity (Wildman–Crippen MR) is 167 cm³/mol. The lowest BCUT2D eigenvalue weighted by atomic mass is 9.99. The van der Waals surface area contributed by atoms with E-state index in [0.717, 1.165) is 35.6 Å². The van der Waals surface area contributed by atoms with E-state index in [1.807, 2.05) is 48.5 Å². The highest BCUT2D eigenvalue weighted by molar-refractivity contribution is 5.89. The number of rotatable bonds is 11. The van der Waals surface area contributed by atoms with Crippen LogP contribution >= 0.6 is 0 Å². The fraction of sp³-hybridized carbons (Fsp3) is 0.438. The zero-order valence-corrected chi connectivity index (χ0v) is 24.5. The number of carbonyl (C=O) groups is 1. The maximum Gasteiger partial charge on any atom is 0.321 e. The monoisotopic (exact) mass is 554 g/mol. The molecule has 0 spiro atoms. The smallest absolute Gasteiger partial charge is 0.321 e. The van der Waals surface area contributed by atoms with Gasteiger partial charge in [0, 0.05) is 38.4 Å². The second kappa shape index (κ2) is 13.5. The highest BCUT2D eigenvalue weighted by atomic mass is 16.2. The van der Waals surface area contributed by atoms with E-state index in [-0.39, 0.29) is 6.03 Å². The van der Waals surface area contributed by atoms with Crippen molar-refractivity contribution in [1.82, 2.24) is 24.4 Å². The molecule has 3 heterocycles. The molecule has 9 heteroatoms. The third-order valence-electron chi connectivity index (χ3n) is 7.90. The van der Waals surface area contributed by atoms with Gasteiger partial charge in [-0.15, -0.1) is 0 Å². The number of imidazole rings is 1. The molecule has 1 atom stereocenters. The van der Waals surface area contributed by atoms with Crippen LogP contribution in [0.1, 0.15) is 50.7 Å². The number of hydrogen-bond acceptors (Lipinski definition) is 6. The zero-order chi connectivity index (χ0) is 28.6. The van der Waals surface area contributed by atoms with Crippen molar-refractivity contribution >= 4 is 34.6 Å². The van der Waals surface area contributed by atoms with Crippen LogP contribution in [-0.4, -0.2) is 63.2 Å². The number of aromatic nitrogens is 4. The van der Waals surface area contributed by atoms with E-state index in [0.29, 0.717) is 44.6 Å². The van der Waals surface area contributed by atoms with Gasteiger partial charge in [0.2, 0.25) is 5.95 Å². The van der Waals surface area contributed by atoms with Crippen LogP contribution in [0, 0.1) is 12.8 Å². The van der Waals surface area contributed by atoms with Crippen LogP contribution in [0.3, 0.4) is 0 Å². The normalized spacial score (nSPS) is 14.3. The second-order valence-corrected chi connectivity index (χ2v) is 11.0. The highest BCUT2D eigenvalue weighted by Crippen LogP contribution is 2.25. The number of nitrogens with one attached hydrogen (secondary N) is 2. The van der Waals surface area contributed by atoms with Gasteiger partial charge in [-0.05, 0) is 37.0 Å². The molecule has 1 fully saturated rings. The van der Waals surface area contributed by atoms with Gasteiger partial charge in [0.05, 0.1) is 12.9 Å². The van der Waals surface area contributed by atoms with Gasteiger partial charge >= 0.3 is 6.03 Å². The Labute approximate surface area is 243 Å². The first kappa shape index (κ1) is 28.4. The standard InChI is InChI=1S/C32H42N8O/c1-4-6-10-25(5-2)21-33-29-28-30(40(23-34-28)22-26-11-8-7-9-12-26)37-31(36-29)38-17-19-39(20-18-38)32(41)35-27-15-13-24(3)14-16-27/h7-9,11-16,23,25H,4-6,10,17-22H2,1-3H3,(H,35,41)(H,33,36,37). The van der Waals surface area contributed by atoms with Crippen LogP contribution in [0.5, 0.6) is 0 Å². The molecule has 9 nitrogen and oxygen atoms in total. The Balaban J connectivity index is 1.34. The van der Waals surface area contributed by atoms with Gasteiger partial charge in [0.1, 0.15) is 0 Å². The Morgan fingerprint density at radius 3 is 2.44 bits per heavy atom. The maximum absolute atomic E-state index is 12.9. The summed E-state index contributed by atoms with van der Waals surface area (Å²) >= 11 is 0. The Morgan fingerprint density at radius 1 is 0.976 bits per heavy atom. The van der Waals surface area contributed by atoms with E-state index in [2.05, 4.69) is 58.2 Å². The summed E-state index contributed by atoms with van der Waals surface area (Å²) in [5, 5.41) is 6.65. The fourth-order valence-electron chi connectivity index (χ4n) is 5.23. The van der Waals surface area contributed by atoms with Crippen LogP contribution in [0.4, 0.5) is 22.2 Å². The number of urea groups is 1. The molecule has 4 aromatic rings. The third-order valence-corrected chi connectivity index (χ3v) is 7.90. The summed E-state index contributed by atoms with van der Waals surface area (Å²) in [6.45, 7) is 10.6. The molecule has 1 saturated heterocycles. The van der Waals surface area contributed by atoms with Gasteiger partial charge in [-0.2, -0.15) is 9.97 Å². The Hall–Kier alpha value is -4.14. The average molecular weight is 555 g/mol. The van der Waals surface area contributed by atoms with Gasteiger partial charge in [0.25, 0.3) is 0 Å². The number of benzene rings is 2. The number of fused-ring (bicyclic) bond motifs is 1. The molecule has 0 aliphatic carbocycles. The molecule has 0 radical (unpaired) electrons. The highest BCUT2D eigenvalue weighted by Gasteiger charge is 2.25. The summed E-state index contributed by atoms with van der Waals surface area (Å²) in [4.78, 5) is 31.7. The molecule has 0 bridgehead atoms. The van der Waals surface area contributed by atoms with Crippen molar-refractivity contribution in [2.75, 3.05) is 48.3 Å². The van der Waals surface area contributed by atoms with Crippen LogP contribution in [0.25, 0.3) is 11.2 Å². The van der Waals surface area contributed by atoms with Gasteiger partial charge in [-0.25, -0.2) is 9.78 Å². The summed E-state index contributed by atoms with van der Waals surface area (Å²) in [6.07, 6.45) is 6.64. The number of piperazine rings is 1. The van der Waals surface area contributed by atoms with Crippen molar-refractivity contribution in [1.29, 1.82) is 0 Å². The van der Waals surface area contributed by atoms with E-state index in [1.165, 1.54) is 30.4 Å². The first-order valence-corrected chi connectivity index (χ1v) is 14.9. The number of aryl methyl sites for hydroxylation is 1. The Morgan fingerprint density at radius 2 is 1.73 bits per heavy atom.